The van der Waals surface area contributed by atoms with Crippen LogP contribution in [0.2, 0.25) is 0 Å². The van der Waals surface area contributed by atoms with E-state index in [0.29, 0.717) is 11.2 Å². The number of benzene rings is 1. The third-order valence-electron chi connectivity index (χ3n) is 3.63. The molecule has 1 N–H and O–H groups in total. The average molecular weight is 297 g/mol. The van der Waals surface area contributed by atoms with Crippen molar-refractivity contribution in [3.8, 4) is 11.5 Å². The van der Waals surface area contributed by atoms with Crippen molar-refractivity contribution in [2.45, 2.75) is 32.1 Å². The van der Waals surface area contributed by atoms with Gasteiger partial charge in [-0.25, -0.2) is 0 Å². The fourth-order valence-corrected chi connectivity index (χ4v) is 3.10. The summed E-state index contributed by atoms with van der Waals surface area (Å²) in [5.41, 5.74) is 1.18. The van der Waals surface area contributed by atoms with Gasteiger partial charge in [0.05, 0.1) is 14.2 Å². The molecule has 2 unspecified atom stereocenters. The molecule has 0 amide bonds. The molecule has 0 fully saturated rings. The number of hydrogen-bond donors (Lipinski definition) is 1. The first-order valence-corrected chi connectivity index (χ1v) is 8.09. The second-order valence-corrected chi connectivity index (χ2v) is 6.64. The normalized spacial score (nSPS) is 14.2. The second-order valence-electron chi connectivity index (χ2n) is 5.23. The maximum atomic E-state index is 5.50. The van der Waals surface area contributed by atoms with Crippen molar-refractivity contribution in [1.82, 2.24) is 5.32 Å². The highest BCUT2D eigenvalue weighted by Crippen LogP contribution is 2.32. The fourth-order valence-electron chi connectivity index (χ4n) is 1.88. The quantitative estimate of drug-likeness (QED) is 0.792. The second kappa shape index (κ2) is 8.42. The minimum Gasteiger partial charge on any atom is -0.497 e. The van der Waals surface area contributed by atoms with Crippen molar-refractivity contribution in [2.24, 2.45) is 5.92 Å². The minimum absolute atomic E-state index is 0.280. The monoisotopic (exact) mass is 297 g/mol. The first-order chi connectivity index (χ1) is 9.53. The van der Waals surface area contributed by atoms with E-state index in [2.05, 4.69) is 32.2 Å². The van der Waals surface area contributed by atoms with Gasteiger partial charge >= 0.3 is 0 Å². The number of rotatable bonds is 8. The van der Waals surface area contributed by atoms with Crippen LogP contribution in [0.15, 0.2) is 18.2 Å². The SMILES string of the molecule is CNC(CSC(C)C(C)C)c1ccc(OC)cc1OC. The molecule has 0 saturated heterocycles. The van der Waals surface area contributed by atoms with E-state index in [4.69, 9.17) is 9.47 Å². The molecule has 0 aliphatic heterocycles. The van der Waals surface area contributed by atoms with Crippen LogP contribution in [-0.2, 0) is 0 Å². The lowest BCUT2D eigenvalue weighted by atomic mass is 10.1. The molecule has 4 heteroatoms. The predicted octanol–water partition coefficient (Wildman–Crippen LogP) is 3.74. The van der Waals surface area contributed by atoms with Crippen molar-refractivity contribution >= 4 is 11.8 Å². The van der Waals surface area contributed by atoms with Gasteiger partial charge in [0.1, 0.15) is 11.5 Å². The molecule has 0 aliphatic carbocycles. The highest BCUT2D eigenvalue weighted by Gasteiger charge is 2.17. The summed E-state index contributed by atoms with van der Waals surface area (Å²) in [5.74, 6) is 3.42. The van der Waals surface area contributed by atoms with Gasteiger partial charge in [-0.15, -0.1) is 0 Å². The number of methoxy groups -OCH3 is 2. The van der Waals surface area contributed by atoms with Gasteiger partial charge in [-0.2, -0.15) is 11.8 Å². The lowest BCUT2D eigenvalue weighted by Crippen LogP contribution is -2.21. The van der Waals surface area contributed by atoms with E-state index >= 15 is 0 Å². The molecular weight excluding hydrogens is 270 g/mol. The lowest BCUT2D eigenvalue weighted by molar-refractivity contribution is 0.387. The summed E-state index contributed by atoms with van der Waals surface area (Å²) in [6.07, 6.45) is 0. The molecule has 0 spiro atoms. The molecule has 3 nitrogen and oxygen atoms in total. The molecule has 0 aliphatic rings. The zero-order valence-electron chi connectivity index (χ0n) is 13.4. The molecule has 0 saturated carbocycles. The highest BCUT2D eigenvalue weighted by molar-refractivity contribution is 7.99. The van der Waals surface area contributed by atoms with E-state index < -0.39 is 0 Å². The van der Waals surface area contributed by atoms with Crippen LogP contribution >= 0.6 is 11.8 Å². The van der Waals surface area contributed by atoms with Gasteiger partial charge in [0.2, 0.25) is 0 Å². The Morgan fingerprint density at radius 3 is 2.35 bits per heavy atom. The topological polar surface area (TPSA) is 30.5 Å². The Labute approximate surface area is 127 Å². The van der Waals surface area contributed by atoms with Crippen LogP contribution in [0.4, 0.5) is 0 Å². The van der Waals surface area contributed by atoms with E-state index in [1.807, 2.05) is 30.9 Å². The van der Waals surface area contributed by atoms with Gasteiger partial charge < -0.3 is 14.8 Å². The van der Waals surface area contributed by atoms with Crippen molar-refractivity contribution < 1.29 is 9.47 Å². The maximum Gasteiger partial charge on any atom is 0.127 e. The number of nitrogens with one attached hydrogen (secondary N) is 1. The van der Waals surface area contributed by atoms with Gasteiger partial charge in [0.15, 0.2) is 0 Å². The predicted molar refractivity (Wildman–Crippen MR) is 88.1 cm³/mol. The summed E-state index contributed by atoms with van der Waals surface area (Å²) in [4.78, 5) is 0. The average Bonchev–Trinajstić information content (AvgIpc) is 2.47. The smallest absolute Gasteiger partial charge is 0.127 e. The summed E-state index contributed by atoms with van der Waals surface area (Å²) < 4.78 is 10.7. The Kier molecular flexibility index (Phi) is 7.24. The van der Waals surface area contributed by atoms with E-state index in [-0.39, 0.29) is 6.04 Å². The number of thioether (sulfide) groups is 1. The standard InChI is InChI=1S/C16H27NO2S/c1-11(2)12(3)20-10-15(17-4)14-8-7-13(18-5)9-16(14)19-6/h7-9,11-12,15,17H,10H2,1-6H3. The Balaban J connectivity index is 2.83. The third-order valence-corrected chi connectivity index (χ3v) is 5.23. The van der Waals surface area contributed by atoms with Crippen molar-refractivity contribution in [3.63, 3.8) is 0 Å². The molecule has 0 heterocycles. The van der Waals surface area contributed by atoms with Crippen LogP contribution in [0.1, 0.15) is 32.4 Å². The van der Waals surface area contributed by atoms with E-state index in [0.717, 1.165) is 17.3 Å². The van der Waals surface area contributed by atoms with Crippen LogP contribution in [0, 0.1) is 5.92 Å². The van der Waals surface area contributed by atoms with Crippen LogP contribution < -0.4 is 14.8 Å². The largest absolute Gasteiger partial charge is 0.497 e. The van der Waals surface area contributed by atoms with E-state index in [1.54, 1.807) is 14.2 Å². The molecule has 0 bridgehead atoms. The summed E-state index contributed by atoms with van der Waals surface area (Å²) in [5, 5.41) is 4.03. The lowest BCUT2D eigenvalue weighted by Gasteiger charge is -2.22. The first kappa shape index (κ1) is 17.2. The molecular formula is C16H27NO2S. The van der Waals surface area contributed by atoms with Crippen LogP contribution in [0.3, 0.4) is 0 Å². The summed E-state index contributed by atoms with van der Waals surface area (Å²) in [6, 6.07) is 6.29. The van der Waals surface area contributed by atoms with Crippen LogP contribution in [0.25, 0.3) is 0 Å². The molecule has 1 aromatic rings. The molecule has 1 aromatic carbocycles. The van der Waals surface area contributed by atoms with Gasteiger partial charge in [-0.05, 0) is 19.0 Å². The van der Waals surface area contributed by atoms with Gasteiger partial charge in [-0.3, -0.25) is 0 Å². The van der Waals surface area contributed by atoms with Gasteiger partial charge in [0, 0.05) is 28.7 Å². The fraction of sp³-hybridized carbons (Fsp3) is 0.625. The van der Waals surface area contributed by atoms with E-state index in [1.165, 1.54) is 5.56 Å². The molecule has 0 aromatic heterocycles. The summed E-state index contributed by atoms with van der Waals surface area (Å²) >= 11 is 1.99. The summed E-state index contributed by atoms with van der Waals surface area (Å²) in [6.45, 7) is 6.81. The van der Waals surface area contributed by atoms with Crippen molar-refractivity contribution in [3.05, 3.63) is 23.8 Å². The van der Waals surface area contributed by atoms with Crippen LogP contribution in [-0.4, -0.2) is 32.3 Å². The number of ether oxygens (including phenoxy) is 2. The Morgan fingerprint density at radius 1 is 1.15 bits per heavy atom. The molecule has 114 valence electrons. The van der Waals surface area contributed by atoms with E-state index in [9.17, 15) is 0 Å². The van der Waals surface area contributed by atoms with Gasteiger partial charge in [-0.1, -0.05) is 26.8 Å². The molecule has 1 rings (SSSR count). The molecule has 20 heavy (non-hydrogen) atoms. The Morgan fingerprint density at radius 2 is 1.85 bits per heavy atom. The third kappa shape index (κ3) is 4.60. The minimum atomic E-state index is 0.280. The van der Waals surface area contributed by atoms with Crippen molar-refractivity contribution in [1.29, 1.82) is 0 Å². The Bertz CT molecular complexity index is 409. The molecule has 2 atom stereocenters. The first-order valence-electron chi connectivity index (χ1n) is 7.04. The highest BCUT2D eigenvalue weighted by atomic mass is 32.2. The number of hydrogen-bond acceptors (Lipinski definition) is 4. The Hall–Kier alpha value is -0.870. The van der Waals surface area contributed by atoms with Gasteiger partial charge in [0.25, 0.3) is 0 Å². The van der Waals surface area contributed by atoms with Crippen molar-refractivity contribution in [2.75, 3.05) is 27.0 Å². The van der Waals surface area contributed by atoms with Crippen LogP contribution in [0.5, 0.6) is 11.5 Å². The zero-order valence-corrected chi connectivity index (χ0v) is 14.2. The maximum absolute atomic E-state index is 5.50. The summed E-state index contributed by atoms with van der Waals surface area (Å²) in [7, 11) is 5.37. The molecule has 0 radical (unpaired) electrons. The zero-order chi connectivity index (χ0) is 15.1.